The molecule has 1 saturated heterocycles. The minimum atomic E-state index is -2.62. The van der Waals surface area contributed by atoms with Crippen LogP contribution >= 0.6 is 0 Å². The topological polar surface area (TPSA) is 120 Å². The third-order valence-electron chi connectivity index (χ3n) is 3.90. The van der Waals surface area contributed by atoms with E-state index in [0.29, 0.717) is 13.2 Å². The van der Waals surface area contributed by atoms with Crippen LogP contribution in [0.5, 0.6) is 11.5 Å². The van der Waals surface area contributed by atoms with Gasteiger partial charge in [0.2, 0.25) is 69.7 Å². The molecule has 224 valence electrons. The molecule has 2 aromatic rings. The van der Waals surface area contributed by atoms with Crippen LogP contribution in [0.4, 0.5) is 53.5 Å². The number of carbonyl (C=O) groups is 2. The van der Waals surface area contributed by atoms with E-state index in [-0.39, 0.29) is 43.8 Å². The number of benzene rings is 2. The number of nitrogens with one attached hydrogen (secondary N) is 1. The Morgan fingerprint density at radius 2 is 1.18 bits per heavy atom. The van der Waals surface area contributed by atoms with Gasteiger partial charge < -0.3 is 37.8 Å². The third kappa shape index (κ3) is 10.3. The fraction of sp³-hybridized carbons (Fsp3) is 0.286. The Kier molecular flexibility index (Phi) is 17.3. The number of carbonyl (C=O) groups excluding carboxylic acids is 2. The molecule has 1 amide bonds. The molecule has 0 radical (unpaired) electrons. The Hall–Kier alpha value is -2.75. The number of cyclic esters (lactones) is 1. The summed E-state index contributed by atoms with van der Waals surface area (Å²) in [6.07, 6.45) is -1.19. The maximum Gasteiger partial charge on any atom is 0.519 e. The molecule has 40 heavy (non-hydrogen) atoms. The van der Waals surface area contributed by atoms with Gasteiger partial charge in [-0.05, 0) is 19.4 Å². The van der Waals surface area contributed by atoms with Gasteiger partial charge in [0.1, 0.15) is 0 Å². The van der Waals surface area contributed by atoms with Crippen LogP contribution in [-0.2, 0) is 4.74 Å². The smallest absolute Gasteiger partial charge is 0.449 e. The normalized spacial score (nSPS) is 11.8. The zero-order valence-electron chi connectivity index (χ0n) is 20.8. The van der Waals surface area contributed by atoms with Gasteiger partial charge in [-0.25, -0.2) is 37.3 Å². The molecule has 1 aliphatic rings. The predicted molar refractivity (Wildman–Crippen MR) is 110 cm³/mol. The van der Waals surface area contributed by atoms with Crippen molar-refractivity contribution in [3.63, 3.8) is 0 Å². The van der Waals surface area contributed by atoms with Gasteiger partial charge in [0, 0.05) is 44.3 Å². The molecule has 1 fully saturated rings. The number of amides is 1. The molecule has 1 heterocycles. The first kappa shape index (κ1) is 37.3. The largest absolute Gasteiger partial charge is 0.519 e. The number of alkyl carbamates (subject to hydrolysis) is 1. The number of aliphatic hydroxyl groups excluding tert-OH is 1. The predicted octanol–water partition coefficient (Wildman–Crippen LogP) is 4.55. The summed E-state index contributed by atoms with van der Waals surface area (Å²) in [4.78, 5) is 21.3. The van der Waals surface area contributed by atoms with Crippen LogP contribution in [0.15, 0.2) is 0 Å². The van der Waals surface area contributed by atoms with E-state index < -0.39 is 75.8 Å². The summed E-state index contributed by atoms with van der Waals surface area (Å²) >= 11 is 0. The molecule has 0 aromatic heterocycles. The molecule has 0 saturated carbocycles. The SMILES string of the molecule is NCCCO.O=C(Oc1c(F)c(F)c(F)c(F)c1F)Oc1c(F)c(F)c(F)c(F)c1F.O=C1NCCCO1.[3H][CH2-].[U]. The van der Waals surface area contributed by atoms with Gasteiger partial charge in [-0.1, -0.05) is 0 Å². The average Bonchev–Trinajstić information content (AvgIpc) is 2.96. The van der Waals surface area contributed by atoms with Crippen LogP contribution in [0, 0.1) is 96.7 Å². The van der Waals surface area contributed by atoms with Crippen molar-refractivity contribution in [1.29, 1.82) is 0 Å². The number of nitrogens with two attached hydrogens (primary N) is 1. The molecule has 0 spiro atoms. The Labute approximate surface area is 244 Å². The second-order valence-electron chi connectivity index (χ2n) is 6.53. The van der Waals surface area contributed by atoms with Crippen LogP contribution in [0.25, 0.3) is 0 Å². The van der Waals surface area contributed by atoms with Crippen LogP contribution in [0.1, 0.15) is 14.2 Å². The number of rotatable bonds is 4. The summed E-state index contributed by atoms with van der Waals surface area (Å²) < 4.78 is 147. The summed E-state index contributed by atoms with van der Waals surface area (Å²) in [5, 5.41) is 10.5. The monoisotopic (exact) mass is 825 g/mol. The van der Waals surface area contributed by atoms with E-state index in [2.05, 4.69) is 26.9 Å². The Morgan fingerprint density at radius 1 is 0.825 bits per heavy atom. The van der Waals surface area contributed by atoms with E-state index in [1.807, 2.05) is 0 Å². The van der Waals surface area contributed by atoms with E-state index in [9.17, 15) is 53.5 Å². The van der Waals surface area contributed by atoms with E-state index >= 15 is 0 Å². The van der Waals surface area contributed by atoms with Crippen molar-refractivity contribution >= 4 is 12.2 Å². The van der Waals surface area contributed by atoms with Crippen LogP contribution in [0.3, 0.4) is 0 Å². The van der Waals surface area contributed by atoms with Gasteiger partial charge >= 0.3 is 12.2 Å². The van der Waals surface area contributed by atoms with Crippen LogP contribution in [0.2, 0.25) is 0 Å². The minimum absolute atomic E-state index is 0. The number of aliphatic hydroxyl groups is 1. The second kappa shape index (κ2) is 18.6. The first-order valence-electron chi connectivity index (χ1n) is 10.6. The van der Waals surface area contributed by atoms with Crippen molar-refractivity contribution in [3.8, 4) is 11.5 Å². The molecule has 1 aliphatic heterocycles. The molecule has 0 atom stereocenters. The second-order valence-corrected chi connectivity index (χ2v) is 6.53. The standard InChI is InChI=1S/C13F10O3.C4H7NO2.C3H9NO.CH3.U/c14-1-3(16)7(20)11(8(21)4(1)17)25-13(24)26-12-9(22)5(18)2(15)6(19)10(12)23;6-4-5-2-1-3-7-4;4-2-1-3-5;;/h;1-3H2,(H,5,6);5H,1-4H2;1H3;/q;;;-1;/i;;;1T;. The molecular weight excluding hydrogens is 804 g/mol. The minimum Gasteiger partial charge on any atom is -0.449 e. The van der Waals surface area contributed by atoms with E-state index in [0.717, 1.165) is 19.4 Å². The van der Waals surface area contributed by atoms with Crippen LogP contribution in [-0.4, -0.2) is 43.7 Å². The Balaban J connectivity index is 0. The van der Waals surface area contributed by atoms with Crippen molar-refractivity contribution < 1.29 is 105 Å². The summed E-state index contributed by atoms with van der Waals surface area (Å²) in [7, 11) is 2.50. The van der Waals surface area contributed by atoms with E-state index in [1.54, 1.807) is 0 Å². The molecule has 4 N–H and O–H groups in total. The number of hydrogen-bond donors (Lipinski definition) is 3. The third-order valence-corrected chi connectivity index (χ3v) is 3.90. The maximum absolute atomic E-state index is 13.3. The fourth-order valence-corrected chi connectivity index (χ4v) is 2.11. The zero-order chi connectivity index (χ0) is 31.2. The molecule has 2 aromatic carbocycles. The van der Waals surface area contributed by atoms with Gasteiger partial charge in [-0.3, -0.25) is 0 Å². The van der Waals surface area contributed by atoms with Crippen molar-refractivity contribution in [1.82, 2.24) is 5.32 Å². The fourth-order valence-electron chi connectivity index (χ4n) is 2.11. The Morgan fingerprint density at radius 3 is 1.38 bits per heavy atom. The van der Waals surface area contributed by atoms with E-state index in [1.165, 1.54) is 0 Å². The molecule has 3 rings (SSSR count). The molecule has 0 aliphatic carbocycles. The zero-order valence-corrected chi connectivity index (χ0v) is 24.0. The summed E-state index contributed by atoms with van der Waals surface area (Å²) in [5.41, 5.74) is 4.98. The van der Waals surface area contributed by atoms with Gasteiger partial charge in [0.25, 0.3) is 0 Å². The first-order valence-corrected chi connectivity index (χ1v) is 9.94. The molecule has 19 heteroatoms. The molecular formula is C21H19F10N2O6U-. The van der Waals surface area contributed by atoms with Crippen molar-refractivity contribution in [2.24, 2.45) is 5.73 Å². The van der Waals surface area contributed by atoms with Crippen molar-refractivity contribution in [3.05, 3.63) is 65.6 Å². The Bertz CT molecular complexity index is 1040. The van der Waals surface area contributed by atoms with Gasteiger partial charge in [-0.2, -0.15) is 17.6 Å². The number of ether oxygens (including phenoxy) is 3. The molecule has 0 bridgehead atoms. The van der Waals surface area contributed by atoms with Crippen LogP contribution < -0.4 is 20.5 Å². The number of hydrogen-bond acceptors (Lipinski definition) is 7. The van der Waals surface area contributed by atoms with E-state index in [4.69, 9.17) is 12.2 Å². The van der Waals surface area contributed by atoms with Gasteiger partial charge in [0.15, 0.2) is 0 Å². The van der Waals surface area contributed by atoms with Gasteiger partial charge in [0.05, 0.1) is 6.61 Å². The average molecular weight is 825 g/mol. The van der Waals surface area contributed by atoms with Crippen molar-refractivity contribution in [2.45, 2.75) is 12.8 Å². The molecule has 0 unspecified atom stereocenters. The molecule has 8 nitrogen and oxygen atoms in total. The maximum atomic E-state index is 13.3. The summed E-state index contributed by atoms with van der Waals surface area (Å²) in [5.74, 6) is -30.5. The number of halogens is 10. The first-order chi connectivity index (χ1) is 18.8. The van der Waals surface area contributed by atoms with Gasteiger partial charge in [-0.15, -0.1) is 0 Å². The quantitative estimate of drug-likeness (QED) is 0.104. The summed E-state index contributed by atoms with van der Waals surface area (Å²) in [6, 6.07) is 0. The summed E-state index contributed by atoms with van der Waals surface area (Å²) in [6.45, 7) is 2.15. The van der Waals surface area contributed by atoms with Crippen molar-refractivity contribution in [2.75, 3.05) is 26.3 Å².